The molecule has 0 aromatic heterocycles. The lowest BCUT2D eigenvalue weighted by Gasteiger charge is -2.24. The quantitative estimate of drug-likeness (QED) is 0.0164. The lowest BCUT2D eigenvalue weighted by Crippen LogP contribution is -2.37. The summed E-state index contributed by atoms with van der Waals surface area (Å²) in [5.41, 5.74) is 0. The van der Waals surface area contributed by atoms with Crippen molar-refractivity contribution in [1.82, 2.24) is 0 Å². The van der Waals surface area contributed by atoms with E-state index in [1.165, 1.54) is 64.2 Å². The largest absolute Gasteiger partial charge is 0.472 e. The standard InChI is InChI=1S/C45H82NO8P/c1-6-8-10-12-14-16-18-20-21-22-23-24-26-27-29-31-33-35-37-44(47)51-41-43(42-53-55(49,50)52-40-39-46(3,4)5)54-45(48)38-36-34-32-30-28-25-19-17-15-13-11-9-7-2/h9,11,13,15,17,19,23-24,43H,6-8,10,12,14,16,18,20-22,25-42H2,1-5H3/p+1/b11-9+,15-13+,19-17+,24-23+. The average molecular weight is 797 g/mol. The third-order valence-corrected chi connectivity index (χ3v) is 10.1. The van der Waals surface area contributed by atoms with Gasteiger partial charge in [0.1, 0.15) is 19.8 Å². The van der Waals surface area contributed by atoms with Crippen LogP contribution in [0.25, 0.3) is 0 Å². The first-order chi connectivity index (χ1) is 26.5. The van der Waals surface area contributed by atoms with Crippen LogP contribution in [0.4, 0.5) is 0 Å². The van der Waals surface area contributed by atoms with E-state index in [9.17, 15) is 19.0 Å². The summed E-state index contributed by atoms with van der Waals surface area (Å²) in [6.07, 6.45) is 43.0. The molecule has 0 aliphatic carbocycles. The Morgan fingerprint density at radius 3 is 1.58 bits per heavy atom. The minimum atomic E-state index is -4.38. The number of ether oxygens (including phenoxy) is 2. The van der Waals surface area contributed by atoms with Crippen molar-refractivity contribution >= 4 is 19.8 Å². The highest BCUT2D eigenvalue weighted by atomic mass is 31.2. The number of phosphoric ester groups is 1. The van der Waals surface area contributed by atoms with Crippen molar-refractivity contribution in [2.75, 3.05) is 47.5 Å². The van der Waals surface area contributed by atoms with E-state index in [1.54, 1.807) is 0 Å². The van der Waals surface area contributed by atoms with Crippen LogP contribution < -0.4 is 0 Å². The molecule has 0 spiro atoms. The molecule has 320 valence electrons. The number of carbonyl (C=O) groups excluding carboxylic acids is 2. The summed E-state index contributed by atoms with van der Waals surface area (Å²) in [5.74, 6) is -0.834. The molecule has 0 aliphatic heterocycles. The number of allylic oxidation sites excluding steroid dienone is 8. The molecule has 0 aliphatic rings. The first-order valence-electron chi connectivity index (χ1n) is 21.9. The predicted molar refractivity (Wildman–Crippen MR) is 229 cm³/mol. The third kappa shape index (κ3) is 41.4. The number of hydrogen-bond donors (Lipinski definition) is 1. The van der Waals surface area contributed by atoms with Gasteiger partial charge in [-0.3, -0.25) is 18.6 Å². The summed E-state index contributed by atoms with van der Waals surface area (Å²) in [4.78, 5) is 35.3. The minimum absolute atomic E-state index is 0.0246. The van der Waals surface area contributed by atoms with Crippen LogP contribution in [0.2, 0.25) is 0 Å². The molecule has 0 bridgehead atoms. The average Bonchev–Trinajstić information content (AvgIpc) is 3.13. The van der Waals surface area contributed by atoms with Gasteiger partial charge in [0, 0.05) is 12.8 Å². The van der Waals surface area contributed by atoms with Crippen molar-refractivity contribution in [2.45, 2.75) is 180 Å². The van der Waals surface area contributed by atoms with Crippen molar-refractivity contribution in [3.8, 4) is 0 Å². The van der Waals surface area contributed by atoms with E-state index in [-0.39, 0.29) is 32.0 Å². The molecular formula is C45H83NO8P+. The predicted octanol–water partition coefficient (Wildman–Crippen LogP) is 12.3. The van der Waals surface area contributed by atoms with E-state index >= 15 is 0 Å². The number of rotatable bonds is 39. The van der Waals surface area contributed by atoms with Crippen LogP contribution in [0.15, 0.2) is 48.6 Å². The fourth-order valence-electron chi connectivity index (χ4n) is 5.71. The van der Waals surface area contributed by atoms with Crippen molar-refractivity contribution < 1.29 is 42.1 Å². The Balaban J connectivity index is 4.37. The van der Waals surface area contributed by atoms with E-state index < -0.39 is 26.5 Å². The molecule has 2 atom stereocenters. The smallest absolute Gasteiger partial charge is 0.462 e. The molecule has 0 heterocycles. The maximum absolute atomic E-state index is 12.7. The maximum atomic E-state index is 12.7. The van der Waals surface area contributed by atoms with E-state index in [4.69, 9.17) is 18.5 Å². The highest BCUT2D eigenvalue weighted by molar-refractivity contribution is 7.47. The Morgan fingerprint density at radius 2 is 1.05 bits per heavy atom. The van der Waals surface area contributed by atoms with Crippen LogP contribution in [0.3, 0.4) is 0 Å². The van der Waals surface area contributed by atoms with E-state index in [0.717, 1.165) is 77.0 Å². The van der Waals surface area contributed by atoms with Crippen LogP contribution in [-0.2, 0) is 32.7 Å². The molecule has 0 saturated carbocycles. The van der Waals surface area contributed by atoms with Crippen LogP contribution in [0.5, 0.6) is 0 Å². The van der Waals surface area contributed by atoms with Gasteiger partial charge in [-0.2, -0.15) is 0 Å². The minimum Gasteiger partial charge on any atom is -0.462 e. The normalized spacial score (nSPS) is 14.1. The monoisotopic (exact) mass is 797 g/mol. The molecule has 0 fully saturated rings. The summed E-state index contributed by atoms with van der Waals surface area (Å²) in [5, 5.41) is 0. The summed E-state index contributed by atoms with van der Waals surface area (Å²) < 4.78 is 34.2. The second-order valence-electron chi connectivity index (χ2n) is 15.8. The zero-order valence-electron chi connectivity index (χ0n) is 35.9. The van der Waals surface area contributed by atoms with Crippen LogP contribution >= 0.6 is 7.82 Å². The zero-order valence-corrected chi connectivity index (χ0v) is 36.8. The lowest BCUT2D eigenvalue weighted by molar-refractivity contribution is -0.870. The molecule has 0 saturated heterocycles. The number of unbranched alkanes of at least 4 members (excludes halogenated alkanes) is 19. The van der Waals surface area contributed by atoms with Crippen molar-refractivity contribution in [1.29, 1.82) is 0 Å². The van der Waals surface area contributed by atoms with Gasteiger partial charge in [-0.25, -0.2) is 4.57 Å². The van der Waals surface area contributed by atoms with Crippen LogP contribution in [0.1, 0.15) is 174 Å². The van der Waals surface area contributed by atoms with E-state index in [1.807, 2.05) is 39.4 Å². The van der Waals surface area contributed by atoms with Crippen LogP contribution in [-0.4, -0.2) is 74.9 Å². The van der Waals surface area contributed by atoms with Gasteiger partial charge in [-0.15, -0.1) is 0 Å². The molecule has 0 radical (unpaired) electrons. The number of hydrogen-bond acceptors (Lipinski definition) is 7. The second kappa shape index (κ2) is 37.5. The number of esters is 2. The Morgan fingerprint density at radius 1 is 0.582 bits per heavy atom. The van der Waals surface area contributed by atoms with Gasteiger partial charge in [0.05, 0.1) is 27.7 Å². The molecule has 1 N–H and O–H groups in total. The Bertz CT molecular complexity index is 1080. The highest BCUT2D eigenvalue weighted by Gasteiger charge is 2.27. The summed E-state index contributed by atoms with van der Waals surface area (Å²) in [6.45, 7) is 4.25. The Kier molecular flexibility index (Phi) is 36.2. The second-order valence-corrected chi connectivity index (χ2v) is 17.2. The number of carbonyl (C=O) groups is 2. The molecule has 0 aromatic carbocycles. The molecule has 0 aromatic rings. The van der Waals surface area contributed by atoms with Crippen molar-refractivity contribution in [3.05, 3.63) is 48.6 Å². The number of quaternary nitrogens is 1. The lowest BCUT2D eigenvalue weighted by atomic mass is 10.1. The van der Waals surface area contributed by atoms with Gasteiger partial charge in [0.2, 0.25) is 0 Å². The van der Waals surface area contributed by atoms with Crippen molar-refractivity contribution in [2.24, 2.45) is 0 Å². The van der Waals surface area contributed by atoms with Gasteiger partial charge in [-0.1, -0.05) is 152 Å². The SMILES string of the molecule is CC/C=C/C=C/C=C/CCCCCCCC(=O)OC(COC(=O)CCCCCCC/C=C/CCCCCCCCCCC)COP(=O)(O)OCC[N+](C)(C)C. The third-order valence-electron chi connectivity index (χ3n) is 9.15. The molecule has 9 nitrogen and oxygen atoms in total. The number of likely N-dealkylation sites (N-methyl/N-ethyl adjacent to an activating group) is 1. The zero-order chi connectivity index (χ0) is 40.7. The van der Waals surface area contributed by atoms with E-state index in [2.05, 4.69) is 44.2 Å². The van der Waals surface area contributed by atoms with E-state index in [0.29, 0.717) is 17.4 Å². The van der Waals surface area contributed by atoms with Gasteiger partial charge in [0.15, 0.2) is 6.10 Å². The molecule has 0 amide bonds. The topological polar surface area (TPSA) is 108 Å². The molecule has 0 rings (SSSR count). The number of phosphoric acid groups is 1. The van der Waals surface area contributed by atoms with Gasteiger partial charge in [-0.05, 0) is 57.8 Å². The van der Waals surface area contributed by atoms with Crippen molar-refractivity contribution in [3.63, 3.8) is 0 Å². The summed E-state index contributed by atoms with van der Waals surface area (Å²) >= 11 is 0. The fraction of sp³-hybridized carbons (Fsp3) is 0.778. The van der Waals surface area contributed by atoms with Gasteiger partial charge >= 0.3 is 19.8 Å². The molecule has 2 unspecified atom stereocenters. The first-order valence-corrected chi connectivity index (χ1v) is 23.4. The number of nitrogens with zero attached hydrogens (tertiary/aromatic N) is 1. The highest BCUT2D eigenvalue weighted by Crippen LogP contribution is 2.43. The summed E-state index contributed by atoms with van der Waals surface area (Å²) in [6, 6.07) is 0. The Labute approximate surface area is 337 Å². The van der Waals surface area contributed by atoms with Crippen LogP contribution in [0, 0.1) is 0 Å². The van der Waals surface area contributed by atoms with Gasteiger partial charge in [0.25, 0.3) is 0 Å². The first kappa shape index (κ1) is 53.0. The molecular weight excluding hydrogens is 713 g/mol. The van der Waals surface area contributed by atoms with Gasteiger partial charge < -0.3 is 18.9 Å². The molecule has 55 heavy (non-hydrogen) atoms. The summed E-state index contributed by atoms with van der Waals surface area (Å²) in [7, 11) is 1.45. The Hall–Kier alpha value is -2.03. The fourth-order valence-corrected chi connectivity index (χ4v) is 6.46. The maximum Gasteiger partial charge on any atom is 0.472 e. The molecule has 10 heteroatoms.